The molecule has 1 spiro atoms. The number of methoxy groups -OCH3 is 1. The van der Waals surface area contributed by atoms with Crippen LogP contribution in [0.3, 0.4) is 0 Å². The fourth-order valence-electron chi connectivity index (χ4n) is 4.04. The van der Waals surface area contributed by atoms with Gasteiger partial charge in [-0.15, -0.1) is 0 Å². The van der Waals surface area contributed by atoms with Crippen LogP contribution in [0.15, 0.2) is 12.2 Å². The van der Waals surface area contributed by atoms with Gasteiger partial charge in [0.2, 0.25) is 29.5 Å². The van der Waals surface area contributed by atoms with Crippen LogP contribution in [-0.2, 0) is 38.2 Å². The minimum absolute atomic E-state index is 0.0130. The molecule has 3 atom stereocenters. The second kappa shape index (κ2) is 15.9. The smallest absolute Gasteiger partial charge is 0.308 e. The number of carbonyl (C=O) groups is 6. The van der Waals surface area contributed by atoms with Gasteiger partial charge in [0, 0.05) is 38.1 Å². The van der Waals surface area contributed by atoms with E-state index in [9.17, 15) is 28.8 Å². The molecule has 2 aliphatic heterocycles. The molecule has 40 heavy (non-hydrogen) atoms. The van der Waals surface area contributed by atoms with Crippen molar-refractivity contribution in [2.75, 3.05) is 38.3 Å². The molecule has 0 aromatic rings. The predicted molar refractivity (Wildman–Crippen MR) is 149 cm³/mol. The van der Waals surface area contributed by atoms with Crippen molar-refractivity contribution in [3.8, 4) is 0 Å². The quantitative estimate of drug-likeness (QED) is 0.113. The van der Waals surface area contributed by atoms with Gasteiger partial charge in [-0.2, -0.15) is 0 Å². The molecule has 3 rings (SSSR count). The van der Waals surface area contributed by atoms with E-state index in [-0.39, 0.29) is 43.9 Å². The third kappa shape index (κ3) is 10.3. The molecular formula is C25H37N5O8S2. The zero-order valence-corrected chi connectivity index (χ0v) is 24.1. The van der Waals surface area contributed by atoms with Crippen LogP contribution in [0.25, 0.3) is 0 Å². The van der Waals surface area contributed by atoms with Crippen molar-refractivity contribution >= 4 is 57.1 Å². The lowest BCUT2D eigenvalue weighted by molar-refractivity contribution is -0.148. The SMILES string of the molecule is COCCNC(=O)CC[C@H]1NC(=O)C[C@H]2/C=C/CCSSC[C@@H](NC1=O)C(=O)NC1(CC1)C(=O)NCCC(=O)O2. The predicted octanol–water partition coefficient (Wildman–Crippen LogP) is -0.689. The summed E-state index contributed by atoms with van der Waals surface area (Å²) in [4.78, 5) is 77.2. The van der Waals surface area contributed by atoms with Crippen molar-refractivity contribution in [1.82, 2.24) is 26.6 Å². The number of esters is 1. The van der Waals surface area contributed by atoms with Gasteiger partial charge in [0.1, 0.15) is 23.7 Å². The topological polar surface area (TPSA) is 181 Å². The summed E-state index contributed by atoms with van der Waals surface area (Å²) in [6, 6.07) is -2.12. The van der Waals surface area contributed by atoms with Crippen molar-refractivity contribution in [2.24, 2.45) is 0 Å². The Kier molecular flexibility index (Phi) is 12.6. The lowest BCUT2D eigenvalue weighted by Gasteiger charge is -2.25. The maximum atomic E-state index is 13.4. The zero-order chi connectivity index (χ0) is 29.0. The molecule has 5 amide bonds. The van der Waals surface area contributed by atoms with E-state index in [0.717, 1.165) is 0 Å². The summed E-state index contributed by atoms with van der Waals surface area (Å²) in [7, 11) is 4.41. The van der Waals surface area contributed by atoms with Crippen LogP contribution in [0, 0.1) is 0 Å². The molecular weight excluding hydrogens is 562 g/mol. The van der Waals surface area contributed by atoms with Crippen LogP contribution in [0.5, 0.6) is 0 Å². The Hall–Kier alpha value is -2.78. The van der Waals surface area contributed by atoms with Crippen molar-refractivity contribution < 1.29 is 38.2 Å². The Morgan fingerprint density at radius 3 is 2.70 bits per heavy atom. The molecule has 3 aliphatic rings. The molecule has 0 aromatic carbocycles. The molecule has 0 unspecified atom stereocenters. The Morgan fingerprint density at radius 1 is 1.15 bits per heavy atom. The number of rotatable bonds is 6. The van der Waals surface area contributed by atoms with E-state index < -0.39 is 53.3 Å². The van der Waals surface area contributed by atoms with Crippen molar-refractivity contribution in [2.45, 2.75) is 68.7 Å². The minimum atomic E-state index is -1.13. The summed E-state index contributed by atoms with van der Waals surface area (Å²) in [6.07, 6.45) is 3.62. The highest BCUT2D eigenvalue weighted by Crippen LogP contribution is 2.36. The van der Waals surface area contributed by atoms with E-state index in [2.05, 4.69) is 26.6 Å². The first kappa shape index (κ1) is 31.7. The zero-order valence-electron chi connectivity index (χ0n) is 22.5. The molecule has 222 valence electrons. The minimum Gasteiger partial charge on any atom is -0.458 e. The van der Waals surface area contributed by atoms with Crippen molar-refractivity contribution in [1.29, 1.82) is 0 Å². The van der Waals surface area contributed by atoms with E-state index in [1.807, 2.05) is 6.08 Å². The molecule has 1 saturated carbocycles. The summed E-state index contributed by atoms with van der Waals surface area (Å²) < 4.78 is 10.4. The number of ether oxygens (including phenoxy) is 2. The van der Waals surface area contributed by atoms with E-state index in [1.165, 1.54) is 28.7 Å². The summed E-state index contributed by atoms with van der Waals surface area (Å²) in [5.74, 6) is -2.15. The molecule has 15 heteroatoms. The van der Waals surface area contributed by atoms with Gasteiger partial charge in [-0.25, -0.2) is 0 Å². The standard InChI is InChI=1S/C25H37N5O8S2/c1-37-12-11-26-19(31)6-5-17-22(34)29-18-15-40-39-13-3-2-4-16(14-20(32)28-17)38-21(33)7-10-27-24(36)25(8-9-25)30-23(18)35/h2,4,16-18H,3,5-15H2,1H3,(H,26,31)(H,27,36)(H,28,32)(H,29,34)(H,30,35)/b4-2+/t16-,17-,18-/m1/s1. The van der Waals surface area contributed by atoms with Gasteiger partial charge >= 0.3 is 5.97 Å². The lowest BCUT2D eigenvalue weighted by Crippen LogP contribution is -2.58. The van der Waals surface area contributed by atoms with Gasteiger partial charge in [0.25, 0.3) is 0 Å². The summed E-state index contributed by atoms with van der Waals surface area (Å²) in [6.45, 7) is 0.634. The molecule has 1 aliphatic carbocycles. The third-order valence-corrected chi connectivity index (χ3v) is 8.89. The van der Waals surface area contributed by atoms with Gasteiger partial charge in [-0.05, 0) is 31.8 Å². The second-order valence-electron chi connectivity index (χ2n) is 9.70. The molecule has 1 saturated heterocycles. The molecule has 0 radical (unpaired) electrons. The van der Waals surface area contributed by atoms with Crippen LogP contribution in [0.2, 0.25) is 0 Å². The lowest BCUT2D eigenvalue weighted by atomic mass is 10.1. The van der Waals surface area contributed by atoms with E-state index in [0.29, 0.717) is 38.2 Å². The van der Waals surface area contributed by atoms with Crippen LogP contribution in [0.4, 0.5) is 0 Å². The summed E-state index contributed by atoms with van der Waals surface area (Å²) in [5, 5.41) is 13.5. The largest absolute Gasteiger partial charge is 0.458 e. The monoisotopic (exact) mass is 599 g/mol. The number of amides is 5. The van der Waals surface area contributed by atoms with Crippen molar-refractivity contribution in [3.63, 3.8) is 0 Å². The van der Waals surface area contributed by atoms with Gasteiger partial charge in [0.05, 0.1) is 19.4 Å². The second-order valence-corrected chi connectivity index (χ2v) is 12.3. The molecule has 2 heterocycles. The average Bonchev–Trinajstić information content (AvgIpc) is 3.69. The van der Waals surface area contributed by atoms with Crippen molar-refractivity contribution in [3.05, 3.63) is 12.2 Å². The van der Waals surface area contributed by atoms with Gasteiger partial charge in [-0.3, -0.25) is 28.8 Å². The van der Waals surface area contributed by atoms with E-state index in [4.69, 9.17) is 9.47 Å². The van der Waals surface area contributed by atoms with E-state index in [1.54, 1.807) is 6.08 Å². The number of nitrogens with one attached hydrogen (secondary N) is 5. The van der Waals surface area contributed by atoms with E-state index >= 15 is 0 Å². The molecule has 13 nitrogen and oxygen atoms in total. The van der Waals surface area contributed by atoms with Crippen LogP contribution < -0.4 is 26.6 Å². The average molecular weight is 600 g/mol. The fourth-order valence-corrected chi connectivity index (χ4v) is 6.19. The third-order valence-electron chi connectivity index (χ3n) is 6.44. The van der Waals surface area contributed by atoms with Crippen LogP contribution >= 0.6 is 21.6 Å². The Bertz CT molecular complexity index is 990. The maximum Gasteiger partial charge on any atom is 0.308 e. The molecule has 5 N–H and O–H groups in total. The normalized spacial score (nSPS) is 27.1. The maximum absolute atomic E-state index is 13.4. The number of allylic oxidation sites excluding steroid dienone is 1. The van der Waals surface area contributed by atoms with Gasteiger partial charge in [0.15, 0.2) is 0 Å². The highest BCUT2D eigenvalue weighted by atomic mass is 33.1. The number of hydrogen-bond acceptors (Lipinski definition) is 10. The highest BCUT2D eigenvalue weighted by Gasteiger charge is 2.51. The Balaban J connectivity index is 1.86. The molecule has 2 fully saturated rings. The number of hydrogen-bond donors (Lipinski definition) is 5. The van der Waals surface area contributed by atoms with Crippen LogP contribution in [0.1, 0.15) is 44.9 Å². The van der Waals surface area contributed by atoms with Crippen LogP contribution in [-0.4, -0.2) is 97.5 Å². The van der Waals surface area contributed by atoms with Gasteiger partial charge in [-0.1, -0.05) is 27.7 Å². The number of carbonyl (C=O) groups excluding carboxylic acids is 6. The first-order chi connectivity index (χ1) is 19.2. The Morgan fingerprint density at radius 2 is 1.95 bits per heavy atom. The summed E-state index contributed by atoms with van der Waals surface area (Å²) in [5.41, 5.74) is -1.10. The number of fused-ring (bicyclic) bond motifs is 7. The fraction of sp³-hybridized carbons (Fsp3) is 0.680. The Labute approximate surface area is 240 Å². The molecule has 0 aromatic heterocycles. The first-order valence-corrected chi connectivity index (χ1v) is 15.8. The first-order valence-electron chi connectivity index (χ1n) is 13.3. The van der Waals surface area contributed by atoms with Gasteiger partial charge < -0.3 is 36.1 Å². The highest BCUT2D eigenvalue weighted by molar-refractivity contribution is 8.76. The summed E-state index contributed by atoms with van der Waals surface area (Å²) >= 11 is 0. The molecule has 2 bridgehead atoms.